The number of halogens is 1. The van der Waals surface area contributed by atoms with Crippen LogP contribution in [0.2, 0.25) is 0 Å². The molecule has 4 rings (SSSR count). The first-order chi connectivity index (χ1) is 10.3. The first-order valence-electron chi connectivity index (χ1n) is 7.35. The fourth-order valence-electron chi connectivity index (χ4n) is 3.50. The minimum Gasteiger partial charge on any atom is -0.496 e. The molecular weight excluding hydrogens is 287 g/mol. The van der Waals surface area contributed by atoms with Gasteiger partial charge in [0.25, 0.3) is 0 Å². The van der Waals surface area contributed by atoms with E-state index in [9.17, 15) is 4.39 Å². The van der Waals surface area contributed by atoms with Gasteiger partial charge in [-0.15, -0.1) is 0 Å². The molecule has 2 heterocycles. The molecule has 1 aromatic rings. The molecule has 3 nitrogen and oxygen atoms in total. The van der Waals surface area contributed by atoms with Crippen LogP contribution in [-0.4, -0.2) is 29.3 Å². The topological polar surface area (TPSA) is 24.8 Å². The van der Waals surface area contributed by atoms with Crippen LogP contribution in [-0.2, 0) is 0 Å². The number of benzene rings is 1. The number of nitrogens with zero attached hydrogens (tertiary/aromatic N) is 2. The highest BCUT2D eigenvalue weighted by Gasteiger charge is 2.42. The lowest BCUT2D eigenvalue weighted by molar-refractivity contribution is 0.304. The van der Waals surface area contributed by atoms with Crippen LogP contribution in [0, 0.1) is 5.82 Å². The minimum absolute atomic E-state index is 0.235. The van der Waals surface area contributed by atoms with Gasteiger partial charge in [0.2, 0.25) is 0 Å². The van der Waals surface area contributed by atoms with Gasteiger partial charge in [0.05, 0.1) is 24.9 Å². The number of thioether (sulfide) groups is 1. The highest BCUT2D eigenvalue weighted by atomic mass is 32.2. The summed E-state index contributed by atoms with van der Waals surface area (Å²) in [5, 5.41) is 3.13. The summed E-state index contributed by atoms with van der Waals surface area (Å²) in [6, 6.07) is 5.53. The van der Waals surface area contributed by atoms with Crippen molar-refractivity contribution in [2.45, 2.75) is 37.8 Å². The third-order valence-electron chi connectivity index (χ3n) is 4.48. The summed E-state index contributed by atoms with van der Waals surface area (Å²) < 4.78 is 19.1. The molecule has 1 fully saturated rings. The lowest BCUT2D eigenvalue weighted by Crippen LogP contribution is -2.38. The SMILES string of the molecule is COc1ccc(F)cc1C1=CSC2=N[C@@H]3CCCC[C@@H]3N12. The van der Waals surface area contributed by atoms with Gasteiger partial charge >= 0.3 is 0 Å². The van der Waals surface area contributed by atoms with E-state index in [1.807, 2.05) is 0 Å². The van der Waals surface area contributed by atoms with Crippen LogP contribution in [0.4, 0.5) is 4.39 Å². The Morgan fingerprint density at radius 3 is 3.05 bits per heavy atom. The van der Waals surface area contributed by atoms with Crippen LogP contribution < -0.4 is 4.74 Å². The molecule has 1 saturated carbocycles. The summed E-state index contributed by atoms with van der Waals surface area (Å²) in [5.74, 6) is 0.477. The van der Waals surface area contributed by atoms with E-state index in [4.69, 9.17) is 9.73 Å². The van der Waals surface area contributed by atoms with Crippen molar-refractivity contribution in [3.8, 4) is 5.75 Å². The number of hydrogen-bond donors (Lipinski definition) is 0. The maximum Gasteiger partial charge on any atom is 0.168 e. The Bertz CT molecular complexity index is 643. The zero-order valence-electron chi connectivity index (χ0n) is 11.9. The maximum absolute atomic E-state index is 13.7. The predicted octanol–water partition coefficient (Wildman–Crippen LogP) is 3.86. The standard InChI is InChI=1S/C16H17FN2OS/c1-20-15-7-6-10(17)8-11(15)14-9-21-16-18-12-4-2-3-5-13(12)19(14)16/h6-9,12-13H,2-5H2,1H3/t12-,13+/m1/s1. The Kier molecular flexibility index (Phi) is 3.17. The van der Waals surface area contributed by atoms with Gasteiger partial charge in [-0.3, -0.25) is 4.99 Å². The molecule has 1 aliphatic carbocycles. The number of hydrogen-bond acceptors (Lipinski definition) is 4. The van der Waals surface area contributed by atoms with Gasteiger partial charge in [-0.25, -0.2) is 4.39 Å². The molecule has 0 unspecified atom stereocenters. The number of fused-ring (bicyclic) bond motifs is 3. The van der Waals surface area contributed by atoms with E-state index in [0.29, 0.717) is 17.8 Å². The molecule has 1 aromatic carbocycles. The van der Waals surface area contributed by atoms with E-state index in [1.165, 1.54) is 25.3 Å². The van der Waals surface area contributed by atoms with E-state index in [2.05, 4.69) is 10.3 Å². The van der Waals surface area contributed by atoms with Crippen molar-refractivity contribution in [2.24, 2.45) is 4.99 Å². The molecule has 0 radical (unpaired) electrons. The number of amidine groups is 1. The maximum atomic E-state index is 13.7. The average molecular weight is 304 g/mol. The van der Waals surface area contributed by atoms with Gasteiger partial charge in [-0.1, -0.05) is 24.6 Å². The predicted molar refractivity (Wildman–Crippen MR) is 83.8 cm³/mol. The zero-order valence-corrected chi connectivity index (χ0v) is 12.7. The average Bonchev–Trinajstić information content (AvgIpc) is 3.06. The fraction of sp³-hybridized carbons (Fsp3) is 0.438. The molecule has 21 heavy (non-hydrogen) atoms. The number of rotatable bonds is 2. The van der Waals surface area contributed by atoms with Crippen LogP contribution in [0.5, 0.6) is 5.75 Å². The number of methoxy groups -OCH3 is 1. The van der Waals surface area contributed by atoms with Crippen molar-refractivity contribution in [1.82, 2.24) is 4.90 Å². The molecule has 0 aromatic heterocycles. The van der Waals surface area contributed by atoms with Crippen LogP contribution in [0.1, 0.15) is 31.2 Å². The Balaban J connectivity index is 1.74. The summed E-state index contributed by atoms with van der Waals surface area (Å²) in [6.45, 7) is 0. The molecule has 2 atom stereocenters. The monoisotopic (exact) mass is 304 g/mol. The highest BCUT2D eigenvalue weighted by Crippen LogP contribution is 2.45. The second-order valence-electron chi connectivity index (χ2n) is 5.67. The van der Waals surface area contributed by atoms with Crippen LogP contribution >= 0.6 is 11.8 Å². The van der Waals surface area contributed by atoms with Crippen molar-refractivity contribution in [3.05, 3.63) is 35.0 Å². The quantitative estimate of drug-likeness (QED) is 0.829. The summed E-state index contributed by atoms with van der Waals surface area (Å²) in [5.41, 5.74) is 1.85. The molecule has 5 heteroatoms. The van der Waals surface area contributed by atoms with Gasteiger partial charge in [0.1, 0.15) is 11.6 Å². The lowest BCUT2D eigenvalue weighted by Gasteiger charge is -2.32. The summed E-state index contributed by atoms with van der Waals surface area (Å²) >= 11 is 1.64. The molecule has 0 amide bonds. The van der Waals surface area contributed by atoms with Gasteiger partial charge < -0.3 is 9.64 Å². The van der Waals surface area contributed by atoms with E-state index < -0.39 is 0 Å². The van der Waals surface area contributed by atoms with Crippen molar-refractivity contribution >= 4 is 22.6 Å². The normalized spacial score (nSPS) is 27.0. The smallest absolute Gasteiger partial charge is 0.168 e. The minimum atomic E-state index is -0.235. The third-order valence-corrected chi connectivity index (χ3v) is 5.33. The van der Waals surface area contributed by atoms with Crippen LogP contribution in [0.3, 0.4) is 0 Å². The summed E-state index contributed by atoms with van der Waals surface area (Å²) in [7, 11) is 1.63. The number of ether oxygens (including phenoxy) is 1. The van der Waals surface area contributed by atoms with Crippen molar-refractivity contribution in [1.29, 1.82) is 0 Å². The van der Waals surface area contributed by atoms with Gasteiger partial charge in [0, 0.05) is 11.0 Å². The fourth-order valence-corrected chi connectivity index (χ4v) is 4.50. The number of aliphatic imine (C=N–C) groups is 1. The van der Waals surface area contributed by atoms with E-state index >= 15 is 0 Å². The van der Waals surface area contributed by atoms with Gasteiger partial charge in [-0.05, 0) is 31.0 Å². The van der Waals surface area contributed by atoms with Crippen LogP contribution in [0.15, 0.2) is 28.6 Å². The van der Waals surface area contributed by atoms with Gasteiger partial charge in [0.15, 0.2) is 5.17 Å². The molecule has 2 aliphatic heterocycles. The van der Waals surface area contributed by atoms with Gasteiger partial charge in [-0.2, -0.15) is 0 Å². The Morgan fingerprint density at radius 1 is 1.33 bits per heavy atom. The Morgan fingerprint density at radius 2 is 2.19 bits per heavy atom. The van der Waals surface area contributed by atoms with E-state index in [-0.39, 0.29) is 5.82 Å². The lowest BCUT2D eigenvalue weighted by atomic mass is 9.90. The molecule has 3 aliphatic rings. The molecule has 0 N–H and O–H groups in total. The third kappa shape index (κ3) is 2.06. The van der Waals surface area contributed by atoms with E-state index in [1.54, 1.807) is 31.0 Å². The van der Waals surface area contributed by atoms with Crippen molar-refractivity contribution in [3.63, 3.8) is 0 Å². The first-order valence-corrected chi connectivity index (χ1v) is 8.23. The Hall–Kier alpha value is -1.49. The summed E-state index contributed by atoms with van der Waals surface area (Å²) in [4.78, 5) is 7.14. The molecule has 0 bridgehead atoms. The van der Waals surface area contributed by atoms with Crippen molar-refractivity contribution in [2.75, 3.05) is 7.11 Å². The van der Waals surface area contributed by atoms with Crippen molar-refractivity contribution < 1.29 is 9.13 Å². The molecule has 0 saturated heterocycles. The van der Waals surface area contributed by atoms with E-state index in [0.717, 1.165) is 22.8 Å². The zero-order chi connectivity index (χ0) is 14.4. The Labute approximate surface area is 127 Å². The second-order valence-corrected chi connectivity index (χ2v) is 6.50. The largest absolute Gasteiger partial charge is 0.496 e. The highest BCUT2D eigenvalue weighted by molar-refractivity contribution is 8.16. The second kappa shape index (κ2) is 5.05. The van der Waals surface area contributed by atoms with Crippen LogP contribution in [0.25, 0.3) is 5.70 Å². The summed E-state index contributed by atoms with van der Waals surface area (Å²) in [6.07, 6.45) is 4.84. The molecule has 110 valence electrons. The molecule has 0 spiro atoms. The first kappa shape index (κ1) is 13.2. The molecular formula is C16H17FN2OS.